The van der Waals surface area contributed by atoms with Crippen molar-refractivity contribution in [3.05, 3.63) is 46.7 Å². The van der Waals surface area contributed by atoms with Gasteiger partial charge < -0.3 is 0 Å². The first-order valence-electron chi connectivity index (χ1n) is 6.99. The Balaban J connectivity index is 1.97. The summed E-state index contributed by atoms with van der Waals surface area (Å²) in [5.41, 5.74) is 5.19. The largest absolute Gasteiger partial charge is 0.272 e. The van der Waals surface area contributed by atoms with Crippen LogP contribution in [0.25, 0.3) is 0 Å². The van der Waals surface area contributed by atoms with Gasteiger partial charge in [0.25, 0.3) is 0 Å². The molecular weight excluding hydrogens is 304 g/mol. The summed E-state index contributed by atoms with van der Waals surface area (Å²) in [5, 5.41) is 5.25. The standard InChI is InChI=1S/C15H21ClN4S/c1-3-11-8-13(20(2)19-11)9-12(18-17)10-21-15-7-5-4-6-14(15)16/h4-8,12,18H,3,9-10,17H2,1-2H3. The lowest BCUT2D eigenvalue weighted by atomic mass is 10.2. The van der Waals surface area contributed by atoms with Crippen LogP contribution in [0.2, 0.25) is 5.02 Å². The third-order valence-corrected chi connectivity index (χ3v) is 5.04. The molecular formula is C15H21ClN4S. The van der Waals surface area contributed by atoms with E-state index in [1.165, 1.54) is 5.69 Å². The molecule has 1 atom stereocenters. The lowest BCUT2D eigenvalue weighted by Gasteiger charge is -2.15. The second-order valence-electron chi connectivity index (χ2n) is 4.91. The highest BCUT2D eigenvalue weighted by Crippen LogP contribution is 2.27. The monoisotopic (exact) mass is 324 g/mol. The molecule has 6 heteroatoms. The summed E-state index contributed by atoms with van der Waals surface area (Å²) in [6.45, 7) is 2.11. The molecule has 0 saturated carbocycles. The van der Waals surface area contributed by atoms with Crippen molar-refractivity contribution in [2.24, 2.45) is 12.9 Å². The van der Waals surface area contributed by atoms with Crippen molar-refractivity contribution in [2.75, 3.05) is 5.75 Å². The summed E-state index contributed by atoms with van der Waals surface area (Å²) in [4.78, 5) is 1.08. The van der Waals surface area contributed by atoms with E-state index in [9.17, 15) is 0 Å². The number of thioether (sulfide) groups is 1. The number of nitrogens with one attached hydrogen (secondary N) is 1. The van der Waals surface area contributed by atoms with Crippen molar-refractivity contribution in [1.29, 1.82) is 0 Å². The van der Waals surface area contributed by atoms with Crippen LogP contribution in [-0.2, 0) is 19.9 Å². The van der Waals surface area contributed by atoms with Gasteiger partial charge in [0.05, 0.1) is 10.7 Å². The highest BCUT2D eigenvalue weighted by Gasteiger charge is 2.13. The van der Waals surface area contributed by atoms with Gasteiger partial charge in [0.15, 0.2) is 0 Å². The van der Waals surface area contributed by atoms with Crippen molar-refractivity contribution < 1.29 is 0 Å². The molecule has 0 radical (unpaired) electrons. The topological polar surface area (TPSA) is 55.9 Å². The summed E-state index contributed by atoms with van der Waals surface area (Å²) < 4.78 is 1.93. The van der Waals surface area contributed by atoms with E-state index in [0.29, 0.717) is 0 Å². The molecule has 0 saturated heterocycles. The van der Waals surface area contributed by atoms with E-state index in [2.05, 4.69) is 23.5 Å². The van der Waals surface area contributed by atoms with Crippen LogP contribution in [-0.4, -0.2) is 21.6 Å². The minimum atomic E-state index is 0.173. The molecule has 1 heterocycles. The molecule has 0 aliphatic carbocycles. The summed E-state index contributed by atoms with van der Waals surface area (Å²) in [7, 11) is 1.98. The van der Waals surface area contributed by atoms with Crippen molar-refractivity contribution in [3.8, 4) is 0 Å². The van der Waals surface area contributed by atoms with E-state index >= 15 is 0 Å². The fourth-order valence-corrected chi connectivity index (χ4v) is 3.38. The molecule has 1 aromatic heterocycles. The summed E-state index contributed by atoms with van der Waals surface area (Å²) in [6, 6.07) is 10.2. The number of aryl methyl sites for hydroxylation is 2. The van der Waals surface area contributed by atoms with Crippen LogP contribution in [0.5, 0.6) is 0 Å². The van der Waals surface area contributed by atoms with E-state index in [-0.39, 0.29) is 6.04 Å². The van der Waals surface area contributed by atoms with Gasteiger partial charge in [-0.1, -0.05) is 30.7 Å². The first-order valence-corrected chi connectivity index (χ1v) is 8.35. The zero-order valence-electron chi connectivity index (χ0n) is 12.3. The quantitative estimate of drug-likeness (QED) is 0.467. The Kier molecular flexibility index (Phi) is 6.11. The van der Waals surface area contributed by atoms with Crippen LogP contribution in [0.1, 0.15) is 18.3 Å². The molecule has 4 nitrogen and oxygen atoms in total. The second kappa shape index (κ2) is 7.84. The van der Waals surface area contributed by atoms with Gasteiger partial charge in [-0.2, -0.15) is 5.10 Å². The Labute approximate surface area is 135 Å². The number of nitrogens with two attached hydrogens (primary N) is 1. The van der Waals surface area contributed by atoms with Gasteiger partial charge in [-0.3, -0.25) is 16.0 Å². The molecule has 1 aromatic carbocycles. The van der Waals surface area contributed by atoms with E-state index in [1.807, 2.05) is 36.0 Å². The Bertz CT molecular complexity index is 585. The van der Waals surface area contributed by atoms with E-state index in [1.54, 1.807) is 11.8 Å². The fraction of sp³-hybridized carbons (Fsp3) is 0.400. The van der Waals surface area contributed by atoms with Crippen LogP contribution < -0.4 is 11.3 Å². The second-order valence-corrected chi connectivity index (χ2v) is 6.38. The number of rotatable bonds is 7. The predicted octanol–water partition coefficient (Wildman–Crippen LogP) is 2.80. The predicted molar refractivity (Wildman–Crippen MR) is 89.6 cm³/mol. The van der Waals surface area contributed by atoms with Gasteiger partial charge in [-0.15, -0.1) is 11.8 Å². The SMILES string of the molecule is CCc1cc(CC(CSc2ccccc2Cl)NN)n(C)n1. The van der Waals surface area contributed by atoms with Gasteiger partial charge in [0.2, 0.25) is 0 Å². The van der Waals surface area contributed by atoms with Crippen molar-refractivity contribution in [1.82, 2.24) is 15.2 Å². The average Bonchev–Trinajstić information content (AvgIpc) is 2.85. The lowest BCUT2D eigenvalue weighted by Crippen LogP contribution is -2.39. The highest BCUT2D eigenvalue weighted by molar-refractivity contribution is 7.99. The zero-order chi connectivity index (χ0) is 15.2. The number of hydrazine groups is 1. The van der Waals surface area contributed by atoms with Crippen LogP contribution in [0, 0.1) is 0 Å². The Morgan fingerprint density at radius 2 is 2.19 bits per heavy atom. The molecule has 0 aliphatic rings. The minimum Gasteiger partial charge on any atom is -0.272 e. The smallest absolute Gasteiger partial charge is 0.0624 e. The molecule has 0 aliphatic heterocycles. The molecule has 2 aromatic rings. The molecule has 0 bridgehead atoms. The van der Waals surface area contributed by atoms with Crippen LogP contribution in [0.4, 0.5) is 0 Å². The number of benzene rings is 1. The normalized spacial score (nSPS) is 12.6. The minimum absolute atomic E-state index is 0.173. The first-order chi connectivity index (χ1) is 10.1. The van der Waals surface area contributed by atoms with E-state index < -0.39 is 0 Å². The summed E-state index contributed by atoms with van der Waals surface area (Å²) in [5.74, 6) is 6.54. The third-order valence-electron chi connectivity index (χ3n) is 3.36. The number of hydrogen-bond donors (Lipinski definition) is 2. The summed E-state index contributed by atoms with van der Waals surface area (Å²) in [6.07, 6.45) is 1.79. The van der Waals surface area contributed by atoms with E-state index in [0.717, 1.165) is 34.2 Å². The average molecular weight is 325 g/mol. The van der Waals surface area contributed by atoms with Gasteiger partial charge in [0.1, 0.15) is 0 Å². The van der Waals surface area contributed by atoms with Crippen molar-refractivity contribution in [2.45, 2.75) is 30.7 Å². The van der Waals surface area contributed by atoms with Gasteiger partial charge in [-0.05, 0) is 24.6 Å². The number of halogens is 1. The molecule has 21 heavy (non-hydrogen) atoms. The van der Waals surface area contributed by atoms with Crippen LogP contribution in [0.3, 0.4) is 0 Å². The molecule has 0 spiro atoms. The summed E-state index contributed by atoms with van der Waals surface area (Å²) >= 11 is 7.89. The maximum atomic E-state index is 6.17. The van der Waals surface area contributed by atoms with Crippen molar-refractivity contribution >= 4 is 23.4 Å². The van der Waals surface area contributed by atoms with Gasteiger partial charge >= 0.3 is 0 Å². The number of aromatic nitrogens is 2. The highest BCUT2D eigenvalue weighted by atomic mass is 35.5. The maximum Gasteiger partial charge on any atom is 0.0624 e. The Morgan fingerprint density at radius 3 is 2.81 bits per heavy atom. The Morgan fingerprint density at radius 1 is 1.43 bits per heavy atom. The van der Waals surface area contributed by atoms with Gasteiger partial charge in [0, 0.05) is 35.9 Å². The molecule has 0 fully saturated rings. The molecule has 2 rings (SSSR count). The zero-order valence-corrected chi connectivity index (χ0v) is 13.9. The molecule has 3 N–H and O–H groups in total. The first kappa shape index (κ1) is 16.4. The van der Waals surface area contributed by atoms with Crippen molar-refractivity contribution in [3.63, 3.8) is 0 Å². The molecule has 1 unspecified atom stereocenters. The Hall–Kier alpha value is -1.01. The molecule has 0 amide bonds. The fourth-order valence-electron chi connectivity index (χ4n) is 2.11. The van der Waals surface area contributed by atoms with Crippen LogP contribution >= 0.6 is 23.4 Å². The van der Waals surface area contributed by atoms with Gasteiger partial charge in [-0.25, -0.2) is 0 Å². The maximum absolute atomic E-state index is 6.17. The van der Waals surface area contributed by atoms with E-state index in [4.69, 9.17) is 17.4 Å². The molecule has 114 valence electrons. The van der Waals surface area contributed by atoms with Crippen LogP contribution in [0.15, 0.2) is 35.2 Å². The lowest BCUT2D eigenvalue weighted by molar-refractivity contribution is 0.550. The number of nitrogens with zero attached hydrogens (tertiary/aromatic N) is 2. The number of hydrogen-bond acceptors (Lipinski definition) is 4. The third kappa shape index (κ3) is 4.48.